The molecule has 1 aliphatic carbocycles. The van der Waals surface area contributed by atoms with E-state index >= 15 is 0 Å². The van der Waals surface area contributed by atoms with E-state index in [2.05, 4.69) is 10.2 Å². The second-order valence-corrected chi connectivity index (χ2v) is 5.65. The molecule has 1 heterocycles. The molecule has 96 valence electrons. The number of aliphatic hydroxyl groups is 1. The topological polar surface area (TPSA) is 62.4 Å². The van der Waals surface area contributed by atoms with Gasteiger partial charge in [0.2, 0.25) is 11.8 Å². The largest absolute Gasteiger partial charge is 0.424 e. The summed E-state index contributed by atoms with van der Waals surface area (Å²) in [6.45, 7) is 4.74. The molecule has 0 spiro atoms. The molecule has 0 aliphatic heterocycles. The summed E-state index contributed by atoms with van der Waals surface area (Å²) in [5, 5.41) is 17.8. The van der Waals surface area contributed by atoms with E-state index in [-0.39, 0.29) is 0 Å². The number of nitrogens with zero attached hydrogens (tertiary/aromatic N) is 3. The van der Waals surface area contributed by atoms with Crippen molar-refractivity contribution in [2.24, 2.45) is 0 Å². The summed E-state index contributed by atoms with van der Waals surface area (Å²) in [5.41, 5.74) is -0.703. The molecule has 1 saturated carbocycles. The Morgan fingerprint density at radius 1 is 1.41 bits per heavy atom. The van der Waals surface area contributed by atoms with Crippen molar-refractivity contribution in [1.82, 2.24) is 15.1 Å². The van der Waals surface area contributed by atoms with Crippen molar-refractivity contribution in [2.45, 2.75) is 51.2 Å². The lowest BCUT2D eigenvalue weighted by molar-refractivity contribution is 0.0401. The van der Waals surface area contributed by atoms with Crippen molar-refractivity contribution in [2.75, 3.05) is 13.6 Å². The Labute approximate surface area is 102 Å². The molecule has 0 aromatic carbocycles. The molecule has 1 aromatic heterocycles. The smallest absolute Gasteiger partial charge is 0.230 e. The monoisotopic (exact) mass is 239 g/mol. The van der Waals surface area contributed by atoms with Crippen molar-refractivity contribution in [3.63, 3.8) is 0 Å². The van der Waals surface area contributed by atoms with Crippen LogP contribution in [0.4, 0.5) is 0 Å². The first kappa shape index (κ1) is 12.5. The lowest BCUT2D eigenvalue weighted by Crippen LogP contribution is -2.35. The Bertz CT molecular complexity index is 366. The van der Waals surface area contributed by atoms with Gasteiger partial charge in [-0.1, -0.05) is 6.42 Å². The molecule has 5 nitrogen and oxygen atoms in total. The maximum Gasteiger partial charge on any atom is 0.230 e. The molecular formula is C12H21N3O2. The molecule has 1 aliphatic rings. The summed E-state index contributed by atoms with van der Waals surface area (Å²) in [6, 6.07) is 0. The molecular weight excluding hydrogens is 218 g/mol. The summed E-state index contributed by atoms with van der Waals surface area (Å²) in [4.78, 5) is 1.98. The molecule has 0 atom stereocenters. The van der Waals surface area contributed by atoms with Gasteiger partial charge in [-0.15, -0.1) is 10.2 Å². The molecule has 1 aromatic rings. The first-order valence-electron chi connectivity index (χ1n) is 6.17. The van der Waals surface area contributed by atoms with Gasteiger partial charge >= 0.3 is 0 Å². The number of rotatable bonds is 5. The fourth-order valence-corrected chi connectivity index (χ4v) is 2.10. The predicted octanol–water partition coefficient (Wildman–Crippen LogP) is 1.54. The second kappa shape index (κ2) is 4.74. The van der Waals surface area contributed by atoms with E-state index in [4.69, 9.17) is 4.42 Å². The average molecular weight is 239 g/mol. The van der Waals surface area contributed by atoms with Gasteiger partial charge in [0.05, 0.1) is 12.1 Å². The third kappa shape index (κ3) is 3.51. The highest BCUT2D eigenvalue weighted by Crippen LogP contribution is 2.35. The van der Waals surface area contributed by atoms with Gasteiger partial charge in [-0.25, -0.2) is 0 Å². The first-order chi connectivity index (χ1) is 7.94. The molecule has 0 bridgehead atoms. The maximum absolute atomic E-state index is 9.70. The van der Waals surface area contributed by atoms with Gasteiger partial charge in [0.15, 0.2) is 0 Å². The summed E-state index contributed by atoms with van der Waals surface area (Å²) in [5.74, 6) is 1.90. The van der Waals surface area contributed by atoms with Gasteiger partial charge in [0.1, 0.15) is 0 Å². The summed E-state index contributed by atoms with van der Waals surface area (Å²) < 4.78 is 5.63. The zero-order valence-electron chi connectivity index (χ0n) is 10.8. The van der Waals surface area contributed by atoms with Crippen LogP contribution in [-0.4, -0.2) is 39.4 Å². The van der Waals surface area contributed by atoms with Crippen LogP contribution < -0.4 is 0 Å². The van der Waals surface area contributed by atoms with Crippen LogP contribution in [0.5, 0.6) is 0 Å². The van der Waals surface area contributed by atoms with Crippen LogP contribution in [0.15, 0.2) is 4.42 Å². The summed E-state index contributed by atoms with van der Waals surface area (Å²) >= 11 is 0. The van der Waals surface area contributed by atoms with E-state index < -0.39 is 5.60 Å². The lowest BCUT2D eigenvalue weighted by atomic mass is 9.85. The quantitative estimate of drug-likeness (QED) is 0.844. The minimum atomic E-state index is -0.703. The fourth-order valence-electron chi connectivity index (χ4n) is 2.10. The van der Waals surface area contributed by atoms with Crippen molar-refractivity contribution in [1.29, 1.82) is 0 Å². The Hall–Kier alpha value is -0.940. The van der Waals surface area contributed by atoms with E-state index in [1.807, 2.05) is 11.9 Å². The molecule has 17 heavy (non-hydrogen) atoms. The average Bonchev–Trinajstić information content (AvgIpc) is 2.45. The van der Waals surface area contributed by atoms with E-state index in [0.29, 0.717) is 24.9 Å². The van der Waals surface area contributed by atoms with Gasteiger partial charge < -0.3 is 9.52 Å². The highest BCUT2D eigenvalue weighted by molar-refractivity contribution is 4.96. The molecule has 5 heteroatoms. The van der Waals surface area contributed by atoms with Crippen LogP contribution in [0.1, 0.15) is 50.8 Å². The standard InChI is InChI=1S/C12H21N3O2/c1-12(2,16)8-15(3)7-10-13-14-11(17-10)9-5-4-6-9/h9,16H,4-8H2,1-3H3. The zero-order valence-corrected chi connectivity index (χ0v) is 10.8. The first-order valence-corrected chi connectivity index (χ1v) is 6.17. The van der Waals surface area contributed by atoms with E-state index in [1.54, 1.807) is 13.8 Å². The minimum Gasteiger partial charge on any atom is -0.424 e. The molecule has 1 fully saturated rings. The molecule has 0 amide bonds. The highest BCUT2D eigenvalue weighted by Gasteiger charge is 2.25. The Balaban J connectivity index is 1.87. The van der Waals surface area contributed by atoms with Gasteiger partial charge in [-0.05, 0) is 33.7 Å². The van der Waals surface area contributed by atoms with Crippen molar-refractivity contribution >= 4 is 0 Å². The van der Waals surface area contributed by atoms with Gasteiger partial charge in [0, 0.05) is 12.5 Å². The van der Waals surface area contributed by atoms with Crippen molar-refractivity contribution < 1.29 is 9.52 Å². The van der Waals surface area contributed by atoms with Gasteiger partial charge in [0.25, 0.3) is 0 Å². The second-order valence-electron chi connectivity index (χ2n) is 5.65. The fraction of sp³-hybridized carbons (Fsp3) is 0.833. The summed E-state index contributed by atoms with van der Waals surface area (Å²) in [6.07, 6.45) is 3.60. The molecule has 0 unspecified atom stereocenters. The van der Waals surface area contributed by atoms with Crippen LogP contribution in [0.2, 0.25) is 0 Å². The Morgan fingerprint density at radius 2 is 2.12 bits per heavy atom. The SMILES string of the molecule is CN(Cc1nnc(C2CCC2)o1)CC(C)(C)O. The van der Waals surface area contributed by atoms with Gasteiger partial charge in [-0.2, -0.15) is 0 Å². The molecule has 1 N–H and O–H groups in total. The minimum absolute atomic E-state index is 0.482. The highest BCUT2D eigenvalue weighted by atomic mass is 16.4. The molecule has 0 saturated heterocycles. The Morgan fingerprint density at radius 3 is 2.65 bits per heavy atom. The third-order valence-electron chi connectivity index (χ3n) is 3.00. The van der Waals surface area contributed by atoms with Crippen LogP contribution >= 0.6 is 0 Å². The van der Waals surface area contributed by atoms with E-state index in [9.17, 15) is 5.11 Å². The number of likely N-dealkylation sites (N-methyl/N-ethyl adjacent to an activating group) is 1. The van der Waals surface area contributed by atoms with E-state index in [0.717, 1.165) is 5.89 Å². The van der Waals surface area contributed by atoms with E-state index in [1.165, 1.54) is 19.3 Å². The molecule has 0 radical (unpaired) electrons. The maximum atomic E-state index is 9.70. The van der Waals surface area contributed by atoms with Crippen LogP contribution in [0.3, 0.4) is 0 Å². The lowest BCUT2D eigenvalue weighted by Gasteiger charge is -2.24. The van der Waals surface area contributed by atoms with Crippen LogP contribution in [0, 0.1) is 0 Å². The summed E-state index contributed by atoms with van der Waals surface area (Å²) in [7, 11) is 1.94. The predicted molar refractivity (Wildman–Crippen MR) is 63.5 cm³/mol. The number of hydrogen-bond donors (Lipinski definition) is 1. The number of aromatic nitrogens is 2. The van der Waals surface area contributed by atoms with Crippen LogP contribution in [0.25, 0.3) is 0 Å². The van der Waals surface area contributed by atoms with Crippen molar-refractivity contribution in [3.05, 3.63) is 11.8 Å². The number of hydrogen-bond acceptors (Lipinski definition) is 5. The van der Waals surface area contributed by atoms with Gasteiger partial charge in [-0.3, -0.25) is 4.90 Å². The third-order valence-corrected chi connectivity index (χ3v) is 3.00. The zero-order chi connectivity index (χ0) is 12.5. The van der Waals surface area contributed by atoms with Crippen molar-refractivity contribution in [3.8, 4) is 0 Å². The van der Waals surface area contributed by atoms with Crippen LogP contribution in [-0.2, 0) is 6.54 Å². The molecule has 2 rings (SSSR count). The normalized spacial score (nSPS) is 17.5. The Kier molecular flexibility index (Phi) is 3.49.